The number of benzene rings is 3. The minimum Gasteiger partial charge on any atom is -0.486 e. The van der Waals surface area contributed by atoms with Crippen molar-refractivity contribution in [2.24, 2.45) is 0 Å². The number of aliphatic hydroxyl groups is 2. The number of hydrogen-bond acceptors (Lipinski definition) is 6. The molecular formula is C27H27NO6. The van der Waals surface area contributed by atoms with Gasteiger partial charge in [-0.05, 0) is 46.4 Å². The average molecular weight is 462 g/mol. The third-order valence-electron chi connectivity index (χ3n) is 6.33. The van der Waals surface area contributed by atoms with Gasteiger partial charge in [0.2, 0.25) is 0 Å². The van der Waals surface area contributed by atoms with Gasteiger partial charge in [0, 0.05) is 12.5 Å². The molecule has 0 bridgehead atoms. The van der Waals surface area contributed by atoms with Crippen LogP contribution in [0.25, 0.3) is 11.1 Å². The lowest BCUT2D eigenvalue weighted by Crippen LogP contribution is -2.30. The van der Waals surface area contributed by atoms with Crippen molar-refractivity contribution < 1.29 is 29.2 Å². The molecule has 1 amide bonds. The van der Waals surface area contributed by atoms with Crippen LogP contribution in [-0.2, 0) is 4.74 Å². The molecule has 0 saturated carbocycles. The summed E-state index contributed by atoms with van der Waals surface area (Å²) in [4.78, 5) is 12.3. The molecule has 0 aromatic heterocycles. The Kier molecular flexibility index (Phi) is 6.38. The second kappa shape index (κ2) is 9.75. The van der Waals surface area contributed by atoms with Crippen LogP contribution in [-0.4, -0.2) is 48.8 Å². The van der Waals surface area contributed by atoms with Crippen molar-refractivity contribution in [2.45, 2.75) is 24.5 Å². The van der Waals surface area contributed by atoms with Gasteiger partial charge in [0.1, 0.15) is 25.9 Å². The summed E-state index contributed by atoms with van der Waals surface area (Å²) >= 11 is 0. The number of amides is 1. The van der Waals surface area contributed by atoms with Gasteiger partial charge in [-0.15, -0.1) is 0 Å². The van der Waals surface area contributed by atoms with E-state index in [2.05, 4.69) is 29.6 Å². The van der Waals surface area contributed by atoms with Crippen LogP contribution in [0.3, 0.4) is 0 Å². The smallest absolute Gasteiger partial charge is 0.407 e. The van der Waals surface area contributed by atoms with Crippen LogP contribution in [0.2, 0.25) is 0 Å². The Morgan fingerprint density at radius 1 is 0.941 bits per heavy atom. The van der Waals surface area contributed by atoms with Crippen LogP contribution in [0.15, 0.2) is 66.7 Å². The Morgan fingerprint density at radius 2 is 1.59 bits per heavy atom. The van der Waals surface area contributed by atoms with Gasteiger partial charge in [0.25, 0.3) is 0 Å². The van der Waals surface area contributed by atoms with E-state index in [9.17, 15) is 15.0 Å². The van der Waals surface area contributed by atoms with E-state index >= 15 is 0 Å². The summed E-state index contributed by atoms with van der Waals surface area (Å²) in [6, 6.07) is 21.4. The first-order chi connectivity index (χ1) is 16.6. The van der Waals surface area contributed by atoms with Crippen molar-refractivity contribution in [3.63, 3.8) is 0 Å². The number of rotatable bonds is 7. The molecule has 0 spiro atoms. The number of hydrogen-bond donors (Lipinski definition) is 3. The van der Waals surface area contributed by atoms with Crippen LogP contribution < -0.4 is 14.8 Å². The highest BCUT2D eigenvalue weighted by Gasteiger charge is 2.29. The number of nitrogens with one attached hydrogen (secondary N) is 1. The molecule has 3 aromatic carbocycles. The topological polar surface area (TPSA) is 97.3 Å². The third kappa shape index (κ3) is 4.44. The Morgan fingerprint density at radius 3 is 2.29 bits per heavy atom. The summed E-state index contributed by atoms with van der Waals surface area (Å²) in [6.07, 6.45) is -2.56. The molecule has 5 rings (SSSR count). The second-order valence-corrected chi connectivity index (χ2v) is 8.46. The standard InChI is InChI=1S/C27H27NO6/c29-23(26(30)17-9-10-24-25(15-17)33-14-13-32-24)11-12-28-27(31)34-16-22-20-7-3-1-5-18(20)19-6-2-4-8-21(19)22/h1-10,15,22-23,26,29-30H,11-14,16H2,(H,28,31). The summed E-state index contributed by atoms with van der Waals surface area (Å²) in [5.74, 6) is 1.15. The SMILES string of the molecule is O=C(NCCC(O)C(O)c1ccc2c(c1)OCCO2)OCC1c2ccccc2-c2ccccc21. The lowest BCUT2D eigenvalue weighted by molar-refractivity contribution is 0.0134. The van der Waals surface area contributed by atoms with Crippen molar-refractivity contribution in [2.75, 3.05) is 26.4 Å². The predicted octanol–water partition coefficient (Wildman–Crippen LogP) is 3.78. The molecule has 3 N–H and O–H groups in total. The average Bonchev–Trinajstić information content (AvgIpc) is 3.20. The molecule has 2 atom stereocenters. The number of carbonyl (C=O) groups is 1. The van der Waals surface area contributed by atoms with E-state index in [1.165, 1.54) is 11.1 Å². The summed E-state index contributed by atoms with van der Waals surface area (Å²) in [5, 5.41) is 23.6. The van der Waals surface area contributed by atoms with E-state index in [1.807, 2.05) is 24.3 Å². The van der Waals surface area contributed by atoms with Crippen molar-refractivity contribution in [1.82, 2.24) is 5.32 Å². The minimum atomic E-state index is -1.11. The molecule has 7 heteroatoms. The van der Waals surface area contributed by atoms with Crippen LogP contribution in [0.1, 0.15) is 35.1 Å². The van der Waals surface area contributed by atoms with Crippen molar-refractivity contribution in [3.05, 3.63) is 83.4 Å². The predicted molar refractivity (Wildman–Crippen MR) is 126 cm³/mol. The molecule has 2 unspecified atom stereocenters. The molecule has 1 aliphatic heterocycles. The molecule has 34 heavy (non-hydrogen) atoms. The van der Waals surface area contributed by atoms with E-state index in [0.29, 0.717) is 30.3 Å². The molecule has 1 aliphatic carbocycles. The van der Waals surface area contributed by atoms with Crippen LogP contribution in [0.4, 0.5) is 4.79 Å². The van der Waals surface area contributed by atoms with Gasteiger partial charge in [0.05, 0.1) is 6.10 Å². The molecule has 176 valence electrons. The Bertz CT molecular complexity index is 1130. The highest BCUT2D eigenvalue weighted by Crippen LogP contribution is 2.44. The third-order valence-corrected chi connectivity index (χ3v) is 6.33. The fraction of sp³-hybridized carbons (Fsp3) is 0.296. The van der Waals surface area contributed by atoms with Gasteiger partial charge < -0.3 is 29.7 Å². The summed E-state index contributed by atoms with van der Waals surface area (Å²) in [7, 11) is 0. The number of carbonyl (C=O) groups excluding carboxylic acids is 1. The maximum atomic E-state index is 12.3. The number of alkyl carbamates (subject to hydrolysis) is 1. The van der Waals surface area contributed by atoms with Crippen molar-refractivity contribution in [3.8, 4) is 22.6 Å². The van der Waals surface area contributed by atoms with E-state index in [0.717, 1.165) is 11.1 Å². The fourth-order valence-electron chi connectivity index (χ4n) is 4.60. The van der Waals surface area contributed by atoms with Gasteiger partial charge >= 0.3 is 6.09 Å². The quantitative estimate of drug-likeness (QED) is 0.496. The molecule has 7 nitrogen and oxygen atoms in total. The van der Waals surface area contributed by atoms with E-state index in [-0.39, 0.29) is 25.5 Å². The van der Waals surface area contributed by atoms with E-state index in [1.54, 1.807) is 18.2 Å². The lowest BCUT2D eigenvalue weighted by atomic mass is 9.98. The molecule has 3 aromatic rings. The molecule has 0 radical (unpaired) electrons. The Balaban J connectivity index is 1.12. The maximum absolute atomic E-state index is 12.3. The minimum absolute atomic E-state index is 0.0132. The van der Waals surface area contributed by atoms with E-state index in [4.69, 9.17) is 14.2 Å². The highest BCUT2D eigenvalue weighted by molar-refractivity contribution is 5.79. The van der Waals surface area contributed by atoms with Gasteiger partial charge in [-0.25, -0.2) is 4.79 Å². The van der Waals surface area contributed by atoms with Crippen LogP contribution in [0, 0.1) is 0 Å². The van der Waals surface area contributed by atoms with Crippen LogP contribution >= 0.6 is 0 Å². The van der Waals surface area contributed by atoms with Gasteiger partial charge in [-0.2, -0.15) is 0 Å². The first-order valence-electron chi connectivity index (χ1n) is 11.5. The molecular weight excluding hydrogens is 434 g/mol. The molecule has 0 saturated heterocycles. The van der Waals surface area contributed by atoms with Gasteiger partial charge in [-0.1, -0.05) is 54.6 Å². The summed E-state index contributed by atoms with van der Waals surface area (Å²) in [6.45, 7) is 1.32. The first kappa shape index (κ1) is 22.3. The zero-order valence-electron chi connectivity index (χ0n) is 18.6. The second-order valence-electron chi connectivity index (χ2n) is 8.46. The van der Waals surface area contributed by atoms with Crippen molar-refractivity contribution in [1.29, 1.82) is 0 Å². The Labute approximate surface area is 197 Å². The largest absolute Gasteiger partial charge is 0.486 e. The zero-order chi connectivity index (χ0) is 23.5. The number of ether oxygens (including phenoxy) is 3. The maximum Gasteiger partial charge on any atom is 0.407 e. The van der Waals surface area contributed by atoms with Gasteiger partial charge in [-0.3, -0.25) is 0 Å². The summed E-state index contributed by atoms with van der Waals surface area (Å²) in [5.41, 5.74) is 5.16. The lowest BCUT2D eigenvalue weighted by Gasteiger charge is -2.22. The zero-order valence-corrected chi connectivity index (χ0v) is 18.6. The van der Waals surface area contributed by atoms with Crippen molar-refractivity contribution >= 4 is 6.09 Å². The summed E-state index contributed by atoms with van der Waals surface area (Å²) < 4.78 is 16.5. The molecule has 2 aliphatic rings. The number of fused-ring (bicyclic) bond motifs is 4. The monoisotopic (exact) mass is 461 g/mol. The van der Waals surface area contributed by atoms with Gasteiger partial charge in [0.15, 0.2) is 11.5 Å². The van der Waals surface area contributed by atoms with E-state index < -0.39 is 18.3 Å². The fourth-order valence-corrected chi connectivity index (χ4v) is 4.60. The first-order valence-corrected chi connectivity index (χ1v) is 11.5. The molecule has 0 fully saturated rings. The molecule has 1 heterocycles. The highest BCUT2D eigenvalue weighted by atomic mass is 16.6. The normalized spacial score (nSPS) is 15.7. The van der Waals surface area contributed by atoms with Crippen LogP contribution in [0.5, 0.6) is 11.5 Å². The Hall–Kier alpha value is -3.55. The number of aliphatic hydroxyl groups excluding tert-OH is 2.